The number of ketones is 1. The van der Waals surface area contributed by atoms with Crippen LogP contribution in [0.5, 0.6) is 0 Å². The van der Waals surface area contributed by atoms with Gasteiger partial charge in [-0.1, -0.05) is 24.3 Å². The summed E-state index contributed by atoms with van der Waals surface area (Å²) in [5.74, 6) is -0.712. The van der Waals surface area contributed by atoms with Crippen LogP contribution in [-0.4, -0.2) is 10.8 Å². The van der Waals surface area contributed by atoms with Gasteiger partial charge in [0, 0.05) is 16.5 Å². The van der Waals surface area contributed by atoms with E-state index in [1.807, 2.05) is 22.9 Å². The van der Waals surface area contributed by atoms with Crippen molar-refractivity contribution in [1.29, 1.82) is 0 Å². The van der Waals surface area contributed by atoms with Gasteiger partial charge in [0.2, 0.25) is 0 Å². The van der Waals surface area contributed by atoms with Crippen molar-refractivity contribution in [2.45, 2.75) is 6.18 Å². The first-order valence-corrected chi connectivity index (χ1v) is 8.28. The first kappa shape index (κ1) is 17.1. The number of allylic oxidation sites excluding steroid dienone is 1. The van der Waals surface area contributed by atoms with E-state index >= 15 is 0 Å². The molecule has 126 valence electrons. The van der Waals surface area contributed by atoms with Gasteiger partial charge in [-0.3, -0.25) is 4.79 Å². The Bertz CT molecular complexity index is 914. The highest BCUT2D eigenvalue weighted by molar-refractivity contribution is 7.08. The molecule has 0 fully saturated rings. The fraction of sp³-hybridized carbons (Fsp3) is 0.0526. The zero-order valence-corrected chi connectivity index (χ0v) is 13.6. The Morgan fingerprint density at radius 3 is 2.56 bits per heavy atom. The van der Waals surface area contributed by atoms with Gasteiger partial charge >= 0.3 is 6.18 Å². The lowest BCUT2D eigenvalue weighted by Gasteiger charge is -2.10. The number of nitrogens with zero attached hydrogens (tertiary/aromatic N) is 1. The smallest absolute Gasteiger partial charge is 0.289 e. The molecule has 6 heteroatoms. The molecular weight excluding hydrogens is 347 g/mol. The number of thiophene rings is 1. The summed E-state index contributed by atoms with van der Waals surface area (Å²) in [4.78, 5) is 16.6. The number of pyridine rings is 1. The molecule has 0 atom stereocenters. The number of hydrogen-bond acceptors (Lipinski definition) is 3. The van der Waals surface area contributed by atoms with Crippen LogP contribution in [0.25, 0.3) is 17.3 Å². The maximum Gasteiger partial charge on any atom is 0.417 e. The second kappa shape index (κ2) is 7.03. The van der Waals surface area contributed by atoms with Gasteiger partial charge in [0.15, 0.2) is 5.78 Å². The Kier molecular flexibility index (Phi) is 4.81. The monoisotopic (exact) mass is 359 g/mol. The Labute approximate surface area is 146 Å². The summed E-state index contributed by atoms with van der Waals surface area (Å²) in [6.07, 6.45) is -2.03. The summed E-state index contributed by atoms with van der Waals surface area (Å²) in [6.45, 7) is 0. The van der Waals surface area contributed by atoms with E-state index in [0.717, 1.165) is 23.4 Å². The van der Waals surface area contributed by atoms with E-state index in [9.17, 15) is 18.0 Å². The standard InChI is InChI=1S/C19H12F3NOS/c20-19(21,22)16-6-2-1-5-15(16)18(24)9-8-14-4-3-7-17(23-14)13-10-11-25-12-13/h1-12H/b9-8+. The number of carbonyl (C=O) groups is 1. The van der Waals surface area contributed by atoms with E-state index < -0.39 is 17.5 Å². The van der Waals surface area contributed by atoms with Crippen LogP contribution in [0.3, 0.4) is 0 Å². The summed E-state index contributed by atoms with van der Waals surface area (Å²) >= 11 is 1.54. The fourth-order valence-corrected chi connectivity index (χ4v) is 2.96. The maximum atomic E-state index is 13.0. The van der Waals surface area contributed by atoms with Crippen molar-refractivity contribution in [2.24, 2.45) is 0 Å². The van der Waals surface area contributed by atoms with Crippen LogP contribution >= 0.6 is 11.3 Å². The van der Waals surface area contributed by atoms with Crippen LogP contribution in [0.15, 0.2) is 65.4 Å². The van der Waals surface area contributed by atoms with Crippen molar-refractivity contribution >= 4 is 23.2 Å². The lowest BCUT2D eigenvalue weighted by atomic mass is 10.0. The predicted octanol–water partition coefficient (Wildman–Crippen LogP) is 5.73. The predicted molar refractivity (Wildman–Crippen MR) is 92.4 cm³/mol. The molecule has 2 heterocycles. The number of aromatic nitrogens is 1. The van der Waals surface area contributed by atoms with E-state index in [4.69, 9.17) is 0 Å². The SMILES string of the molecule is O=C(/C=C/c1cccc(-c2ccsc2)n1)c1ccccc1C(F)(F)F. The van der Waals surface area contributed by atoms with E-state index in [1.165, 1.54) is 24.3 Å². The van der Waals surface area contributed by atoms with Gasteiger partial charge in [-0.15, -0.1) is 0 Å². The molecule has 0 aliphatic carbocycles. The van der Waals surface area contributed by atoms with Gasteiger partial charge in [-0.05, 0) is 41.8 Å². The molecule has 0 amide bonds. The Morgan fingerprint density at radius 2 is 1.84 bits per heavy atom. The highest BCUT2D eigenvalue weighted by atomic mass is 32.1. The minimum absolute atomic E-state index is 0.375. The first-order valence-electron chi connectivity index (χ1n) is 7.33. The summed E-state index contributed by atoms with van der Waals surface area (Å²) in [7, 11) is 0. The summed E-state index contributed by atoms with van der Waals surface area (Å²) in [5, 5.41) is 3.87. The minimum atomic E-state index is -4.57. The number of rotatable bonds is 4. The molecule has 25 heavy (non-hydrogen) atoms. The average Bonchev–Trinajstić information content (AvgIpc) is 3.14. The third-order valence-electron chi connectivity index (χ3n) is 3.49. The van der Waals surface area contributed by atoms with E-state index in [-0.39, 0.29) is 5.56 Å². The lowest BCUT2D eigenvalue weighted by molar-refractivity contribution is -0.137. The Hall–Kier alpha value is -2.73. The number of hydrogen-bond donors (Lipinski definition) is 0. The molecule has 2 aromatic heterocycles. The molecule has 0 unspecified atom stereocenters. The molecule has 0 saturated heterocycles. The van der Waals surface area contributed by atoms with Crippen LogP contribution in [0.4, 0.5) is 13.2 Å². The number of carbonyl (C=O) groups excluding carboxylic acids is 1. The average molecular weight is 359 g/mol. The van der Waals surface area contributed by atoms with Crippen molar-refractivity contribution < 1.29 is 18.0 Å². The summed E-state index contributed by atoms with van der Waals surface area (Å²) in [5.41, 5.74) is 0.881. The molecule has 3 rings (SSSR count). The minimum Gasteiger partial charge on any atom is -0.289 e. The van der Waals surface area contributed by atoms with Gasteiger partial charge in [0.05, 0.1) is 17.0 Å². The zero-order valence-electron chi connectivity index (χ0n) is 12.8. The quantitative estimate of drug-likeness (QED) is 0.440. The third-order valence-corrected chi connectivity index (χ3v) is 4.17. The largest absolute Gasteiger partial charge is 0.417 e. The van der Waals surface area contributed by atoms with E-state index in [2.05, 4.69) is 4.98 Å². The molecule has 1 aromatic carbocycles. The van der Waals surface area contributed by atoms with Crippen molar-refractivity contribution in [3.8, 4) is 11.3 Å². The van der Waals surface area contributed by atoms with Crippen molar-refractivity contribution in [1.82, 2.24) is 4.98 Å². The van der Waals surface area contributed by atoms with Crippen LogP contribution in [0, 0.1) is 0 Å². The molecule has 2 nitrogen and oxygen atoms in total. The lowest BCUT2D eigenvalue weighted by Crippen LogP contribution is -2.11. The molecule has 0 spiro atoms. The fourth-order valence-electron chi connectivity index (χ4n) is 2.31. The van der Waals surface area contributed by atoms with E-state index in [0.29, 0.717) is 5.69 Å². The third kappa shape index (κ3) is 4.03. The van der Waals surface area contributed by atoms with Gasteiger partial charge < -0.3 is 0 Å². The first-order chi connectivity index (χ1) is 11.9. The van der Waals surface area contributed by atoms with E-state index in [1.54, 1.807) is 23.5 Å². The van der Waals surface area contributed by atoms with Crippen LogP contribution in [0.2, 0.25) is 0 Å². The normalized spacial score (nSPS) is 11.8. The summed E-state index contributed by atoms with van der Waals surface area (Å²) in [6, 6.07) is 12.0. The second-order valence-electron chi connectivity index (χ2n) is 5.20. The highest BCUT2D eigenvalue weighted by Gasteiger charge is 2.34. The molecule has 3 aromatic rings. The zero-order chi connectivity index (χ0) is 17.9. The van der Waals surface area contributed by atoms with Crippen molar-refractivity contribution in [3.63, 3.8) is 0 Å². The molecule has 0 radical (unpaired) electrons. The molecule has 0 aliphatic heterocycles. The van der Waals surface area contributed by atoms with Crippen molar-refractivity contribution in [3.05, 3.63) is 82.2 Å². The van der Waals surface area contributed by atoms with Gasteiger partial charge in [-0.25, -0.2) is 4.98 Å². The number of alkyl halides is 3. The van der Waals surface area contributed by atoms with Crippen molar-refractivity contribution in [2.75, 3.05) is 0 Å². The molecule has 0 N–H and O–H groups in total. The Balaban J connectivity index is 1.86. The number of halogens is 3. The van der Waals surface area contributed by atoms with Gasteiger partial charge in [0.1, 0.15) is 0 Å². The van der Waals surface area contributed by atoms with Crippen LogP contribution in [0.1, 0.15) is 21.6 Å². The summed E-state index contributed by atoms with van der Waals surface area (Å²) < 4.78 is 39.0. The van der Waals surface area contributed by atoms with Crippen LogP contribution < -0.4 is 0 Å². The maximum absolute atomic E-state index is 13.0. The second-order valence-corrected chi connectivity index (χ2v) is 5.98. The highest BCUT2D eigenvalue weighted by Crippen LogP contribution is 2.32. The number of benzene rings is 1. The van der Waals surface area contributed by atoms with Gasteiger partial charge in [-0.2, -0.15) is 24.5 Å². The van der Waals surface area contributed by atoms with Crippen LogP contribution in [-0.2, 0) is 6.18 Å². The molecule has 0 saturated carbocycles. The molecule has 0 aliphatic rings. The topological polar surface area (TPSA) is 30.0 Å². The van der Waals surface area contributed by atoms with Gasteiger partial charge in [0.25, 0.3) is 0 Å². The molecular formula is C19H12F3NOS. The Morgan fingerprint density at radius 1 is 1.04 bits per heavy atom. The molecule has 0 bridgehead atoms.